The number of carbonyl (C=O) groups excluding carboxylic acids is 1. The first-order valence-electron chi connectivity index (χ1n) is 9.69. The molecule has 1 N–H and O–H groups in total. The number of nitrogens with zero attached hydrogens (tertiary/aromatic N) is 1. The highest BCUT2D eigenvalue weighted by atomic mass is 28.4. The number of aliphatic hydroxyl groups is 1. The summed E-state index contributed by atoms with van der Waals surface area (Å²) in [6.45, 7) is 8.04. The van der Waals surface area contributed by atoms with Crippen LogP contribution >= 0.6 is 0 Å². The molecule has 1 aromatic rings. The van der Waals surface area contributed by atoms with Gasteiger partial charge in [-0.3, -0.25) is 4.79 Å². The first kappa shape index (κ1) is 20.5. The molecule has 2 atom stereocenters. The number of benzene rings is 1. The Hall–Kier alpha value is -2.25. The van der Waals surface area contributed by atoms with Gasteiger partial charge in [0.2, 0.25) is 6.10 Å². The lowest BCUT2D eigenvalue weighted by Gasteiger charge is -2.37. The number of hydrogen-bond acceptors (Lipinski definition) is 6. The van der Waals surface area contributed by atoms with E-state index in [0.29, 0.717) is 18.4 Å². The van der Waals surface area contributed by atoms with E-state index in [4.69, 9.17) is 9.16 Å². The summed E-state index contributed by atoms with van der Waals surface area (Å²) in [5.74, 6) is -2.52. The van der Waals surface area contributed by atoms with Crippen molar-refractivity contribution in [1.29, 1.82) is 0 Å². The van der Waals surface area contributed by atoms with Crippen molar-refractivity contribution in [2.24, 2.45) is 16.3 Å². The SMILES string of the molecule is CCOC(=O)[C@]1([C@@H]2CCC[C+]2O[Si](C)(C)C)C(c2ccccc2)=NC(O)=C1[O-]. The van der Waals surface area contributed by atoms with Crippen molar-refractivity contribution in [2.75, 3.05) is 6.61 Å². The minimum atomic E-state index is -1.95. The zero-order chi connectivity index (χ0) is 20.5. The molecule has 0 spiro atoms. The van der Waals surface area contributed by atoms with Crippen LogP contribution < -0.4 is 5.11 Å². The van der Waals surface area contributed by atoms with Gasteiger partial charge in [0.25, 0.3) is 8.32 Å². The molecule has 1 aromatic carbocycles. The minimum absolute atomic E-state index is 0.133. The third-order valence-corrected chi connectivity index (χ3v) is 5.94. The van der Waals surface area contributed by atoms with E-state index < -0.39 is 37.3 Å². The smallest absolute Gasteiger partial charge is 0.326 e. The molecule has 2 aliphatic rings. The average Bonchev–Trinajstić information content (AvgIpc) is 3.18. The third-order valence-electron chi connectivity index (χ3n) is 5.06. The molecule has 28 heavy (non-hydrogen) atoms. The van der Waals surface area contributed by atoms with Crippen LogP contribution in [0.3, 0.4) is 0 Å². The molecule has 1 aliphatic heterocycles. The van der Waals surface area contributed by atoms with E-state index in [-0.39, 0.29) is 12.3 Å². The van der Waals surface area contributed by atoms with Crippen molar-refractivity contribution in [3.8, 4) is 0 Å². The van der Waals surface area contributed by atoms with E-state index in [1.165, 1.54) is 0 Å². The molecular formula is C21H27NO5Si. The predicted molar refractivity (Wildman–Crippen MR) is 107 cm³/mol. The standard InChI is InChI=1S/C21H27NO5Si/c1-5-26-20(25)21(15-12-9-13-16(15)27-28(2,3)4)17(22-19(24)18(21)23)14-10-7-6-8-11-14/h6-8,10-11,15H,5,9,12-13H2,1-4H3,(H-,23,24)/t15-,21-/m1/s1. The van der Waals surface area contributed by atoms with Crippen molar-refractivity contribution in [3.63, 3.8) is 0 Å². The summed E-state index contributed by atoms with van der Waals surface area (Å²) in [4.78, 5) is 17.5. The lowest BCUT2D eigenvalue weighted by atomic mass is 9.67. The van der Waals surface area contributed by atoms with Gasteiger partial charge in [-0.15, -0.1) is 0 Å². The molecule has 0 amide bonds. The molecule has 0 saturated heterocycles. The Morgan fingerprint density at radius 1 is 1.36 bits per heavy atom. The van der Waals surface area contributed by atoms with Crippen LogP contribution in [0.4, 0.5) is 0 Å². The fraction of sp³-hybridized carbons (Fsp3) is 0.476. The maximum absolute atomic E-state index is 13.3. The number of hydrogen-bond donors (Lipinski definition) is 1. The van der Waals surface area contributed by atoms with E-state index in [0.717, 1.165) is 12.5 Å². The van der Waals surface area contributed by atoms with E-state index in [1.807, 2.05) is 18.2 Å². The molecule has 1 heterocycles. The van der Waals surface area contributed by atoms with Crippen LogP contribution in [0.1, 0.15) is 31.7 Å². The highest BCUT2D eigenvalue weighted by molar-refractivity contribution is 6.69. The van der Waals surface area contributed by atoms with Crippen LogP contribution in [-0.4, -0.2) is 31.7 Å². The largest absolute Gasteiger partial charge is 0.871 e. The molecule has 0 unspecified atom stereocenters. The molecule has 0 aromatic heterocycles. The molecule has 7 heteroatoms. The summed E-state index contributed by atoms with van der Waals surface area (Å²) in [6, 6.07) is 9.04. The highest BCUT2D eigenvalue weighted by Gasteiger charge is 2.65. The summed E-state index contributed by atoms with van der Waals surface area (Å²) in [7, 11) is -1.95. The molecule has 3 rings (SSSR count). The summed E-state index contributed by atoms with van der Waals surface area (Å²) < 4.78 is 11.7. The molecule has 150 valence electrons. The Kier molecular flexibility index (Phi) is 5.59. The number of aliphatic imine (C=N–C) groups is 1. The second kappa shape index (κ2) is 7.64. The van der Waals surface area contributed by atoms with E-state index in [1.54, 1.807) is 19.1 Å². The number of ether oxygens (including phenoxy) is 1. The summed E-state index contributed by atoms with van der Waals surface area (Å²) in [6.07, 6.45) is 2.84. The topological polar surface area (TPSA) is 91.2 Å². The normalized spacial score (nSPS) is 25.2. The van der Waals surface area contributed by atoms with Gasteiger partial charge in [0.15, 0.2) is 17.2 Å². The average molecular weight is 402 g/mol. The fourth-order valence-electron chi connectivity index (χ4n) is 4.11. The van der Waals surface area contributed by atoms with Crippen molar-refractivity contribution in [1.82, 2.24) is 0 Å². The molecule has 0 bridgehead atoms. The van der Waals surface area contributed by atoms with Crippen molar-refractivity contribution in [3.05, 3.63) is 53.6 Å². The quantitative estimate of drug-likeness (QED) is 0.449. The van der Waals surface area contributed by atoms with E-state index in [9.17, 15) is 15.0 Å². The zero-order valence-corrected chi connectivity index (χ0v) is 17.8. The Balaban J connectivity index is 2.17. The Bertz CT molecular complexity index is 799. The van der Waals surface area contributed by atoms with E-state index >= 15 is 0 Å². The first-order chi connectivity index (χ1) is 13.2. The van der Waals surface area contributed by atoms with Crippen LogP contribution in [-0.2, 0) is 14.0 Å². The van der Waals surface area contributed by atoms with E-state index in [2.05, 4.69) is 24.6 Å². The van der Waals surface area contributed by atoms with Gasteiger partial charge in [0.05, 0.1) is 12.3 Å². The fourth-order valence-corrected chi connectivity index (χ4v) is 5.14. The summed E-state index contributed by atoms with van der Waals surface area (Å²) in [5, 5.41) is 23.6. The summed E-state index contributed by atoms with van der Waals surface area (Å²) in [5.41, 5.74) is -0.836. The van der Waals surface area contributed by atoms with Crippen LogP contribution in [0.2, 0.25) is 19.6 Å². The van der Waals surface area contributed by atoms with Crippen LogP contribution in [0.25, 0.3) is 0 Å². The maximum atomic E-state index is 13.3. The highest BCUT2D eigenvalue weighted by Crippen LogP contribution is 2.54. The lowest BCUT2D eigenvalue weighted by molar-refractivity contribution is -0.325. The molecule has 0 radical (unpaired) electrons. The number of esters is 1. The number of aliphatic hydroxyl groups excluding tert-OH is 1. The number of rotatable bonds is 6. The van der Waals surface area contributed by atoms with Gasteiger partial charge < -0.3 is 14.9 Å². The second-order valence-corrected chi connectivity index (χ2v) is 12.6. The minimum Gasteiger partial charge on any atom is -0.871 e. The Morgan fingerprint density at radius 3 is 2.64 bits per heavy atom. The van der Waals surface area contributed by atoms with Gasteiger partial charge in [-0.2, -0.15) is 0 Å². The lowest BCUT2D eigenvalue weighted by Crippen LogP contribution is -2.52. The van der Waals surface area contributed by atoms with Gasteiger partial charge in [-0.05, 0) is 50.7 Å². The van der Waals surface area contributed by atoms with Crippen LogP contribution in [0.15, 0.2) is 47.0 Å². The predicted octanol–water partition coefficient (Wildman–Crippen LogP) is 3.31. The number of carbonyl (C=O) groups is 1. The van der Waals surface area contributed by atoms with Crippen LogP contribution in [0, 0.1) is 17.4 Å². The second-order valence-electron chi connectivity index (χ2n) is 8.13. The Morgan fingerprint density at radius 2 is 2.04 bits per heavy atom. The maximum Gasteiger partial charge on any atom is 0.326 e. The summed E-state index contributed by atoms with van der Waals surface area (Å²) >= 11 is 0. The van der Waals surface area contributed by atoms with Crippen LogP contribution in [0.5, 0.6) is 0 Å². The monoisotopic (exact) mass is 401 g/mol. The first-order valence-corrected chi connectivity index (χ1v) is 13.1. The molecule has 1 aliphatic carbocycles. The van der Waals surface area contributed by atoms with Crippen molar-refractivity contribution < 1.29 is 24.2 Å². The van der Waals surface area contributed by atoms with Gasteiger partial charge >= 0.3 is 5.97 Å². The van der Waals surface area contributed by atoms with Gasteiger partial charge in [-0.1, -0.05) is 30.3 Å². The molecule has 6 nitrogen and oxygen atoms in total. The van der Waals surface area contributed by atoms with Gasteiger partial charge in [-0.25, -0.2) is 9.42 Å². The molecule has 1 fully saturated rings. The Labute approximate surface area is 167 Å². The van der Waals surface area contributed by atoms with Crippen molar-refractivity contribution in [2.45, 2.75) is 45.8 Å². The van der Waals surface area contributed by atoms with Crippen molar-refractivity contribution >= 4 is 20.0 Å². The molecule has 1 saturated carbocycles. The zero-order valence-electron chi connectivity index (χ0n) is 16.8. The molecular weight excluding hydrogens is 374 g/mol. The van der Waals surface area contributed by atoms with Gasteiger partial charge in [0, 0.05) is 0 Å². The third kappa shape index (κ3) is 3.44. The van der Waals surface area contributed by atoms with Gasteiger partial charge in [0.1, 0.15) is 6.42 Å².